The maximum absolute atomic E-state index is 13.7. The number of hydrogen-bond acceptors (Lipinski definition) is 9. The number of carbonyl (C=O) groups is 2. The van der Waals surface area contributed by atoms with E-state index in [2.05, 4.69) is 55.7 Å². The molecule has 1 aliphatic rings. The van der Waals surface area contributed by atoms with Crippen LogP contribution in [-0.2, 0) is 25.5 Å². The molecule has 2 amide bonds. The fraction of sp³-hybridized carbons (Fsp3) is 0.517. The lowest BCUT2D eigenvalue weighted by Gasteiger charge is -2.27. The Kier molecular flexibility index (Phi) is 11.9. The van der Waals surface area contributed by atoms with Gasteiger partial charge in [0.2, 0.25) is 11.8 Å². The van der Waals surface area contributed by atoms with Gasteiger partial charge in [0.05, 0.1) is 47.7 Å². The third-order valence-electron chi connectivity index (χ3n) is 6.97. The van der Waals surface area contributed by atoms with Crippen LogP contribution in [0.1, 0.15) is 41.5 Å². The molecule has 3 aromatic rings. The summed E-state index contributed by atoms with van der Waals surface area (Å²) >= 11 is 4.92. The van der Waals surface area contributed by atoms with Crippen LogP contribution >= 0.6 is 27.3 Å². The number of rotatable bonds is 15. The van der Waals surface area contributed by atoms with Crippen LogP contribution in [-0.4, -0.2) is 89.0 Å². The lowest BCUT2D eigenvalue weighted by molar-refractivity contribution is -0.140. The second kappa shape index (κ2) is 15.5. The molecule has 4 rings (SSSR count). The highest BCUT2D eigenvalue weighted by atomic mass is 79.9. The number of aromatic nitrogens is 2. The van der Waals surface area contributed by atoms with Crippen molar-refractivity contribution in [3.63, 3.8) is 0 Å². The first-order valence-electron chi connectivity index (χ1n) is 13.8. The summed E-state index contributed by atoms with van der Waals surface area (Å²) in [6.45, 7) is 6.06. The van der Waals surface area contributed by atoms with E-state index in [-0.39, 0.29) is 24.8 Å². The van der Waals surface area contributed by atoms with E-state index in [1.54, 1.807) is 24.3 Å². The van der Waals surface area contributed by atoms with E-state index in [0.29, 0.717) is 57.3 Å². The normalized spacial score (nSPS) is 17.6. The molecule has 1 aliphatic heterocycles. The van der Waals surface area contributed by atoms with Crippen LogP contribution in [0, 0.1) is 13.8 Å². The van der Waals surface area contributed by atoms with Gasteiger partial charge in [0.25, 0.3) is 0 Å². The average molecular weight is 650 g/mol. The molecule has 1 saturated heterocycles. The molecule has 3 atom stereocenters. The van der Waals surface area contributed by atoms with Crippen LogP contribution in [0.2, 0.25) is 0 Å². The van der Waals surface area contributed by atoms with Crippen molar-refractivity contribution in [2.45, 2.75) is 51.2 Å². The second-order valence-electron chi connectivity index (χ2n) is 10.0. The number of amides is 2. The Morgan fingerprint density at radius 2 is 1.95 bits per heavy atom. The molecular formula is C29H37BrN4O6S. The van der Waals surface area contributed by atoms with Gasteiger partial charge < -0.3 is 29.3 Å². The Morgan fingerprint density at radius 1 is 1.20 bits per heavy atom. The van der Waals surface area contributed by atoms with Crippen LogP contribution in [0.15, 0.2) is 40.4 Å². The maximum Gasteiger partial charge on any atom is 0.242 e. The predicted molar refractivity (Wildman–Crippen MR) is 159 cm³/mol. The van der Waals surface area contributed by atoms with Gasteiger partial charge in [-0.1, -0.05) is 45.4 Å². The second-order valence-corrected chi connectivity index (χ2v) is 11.7. The van der Waals surface area contributed by atoms with Crippen LogP contribution in [0.25, 0.3) is 10.4 Å². The Bertz CT molecular complexity index is 1270. The van der Waals surface area contributed by atoms with Gasteiger partial charge in [-0.25, -0.2) is 4.98 Å². The summed E-state index contributed by atoms with van der Waals surface area (Å²) in [5, 5.41) is 18.1. The standard InChI is InChI=1S/C29H37BrN4O6S/c1-19-15-26(40-33-19)24(8-11-38-13-14-39-12-9-30)29(37)34-17-23(35)16-25(34)28(36)31-10-7-21-3-5-22(6-4-21)27-20(2)32-18-41-27/h3-6,15,18,23-25,35H,7-14,16-17H2,1-2H3,(H,31,36)/t23-,24-,25-/m0/s1. The summed E-state index contributed by atoms with van der Waals surface area (Å²) < 4.78 is 16.5. The number of β-amino-alcohol motifs (C(OH)–C–C–N with tert-alkyl or cyclic N) is 1. The molecule has 1 fully saturated rings. The zero-order valence-electron chi connectivity index (χ0n) is 23.4. The minimum Gasteiger partial charge on any atom is -0.391 e. The molecule has 0 unspecified atom stereocenters. The van der Waals surface area contributed by atoms with E-state index in [1.807, 2.05) is 12.4 Å². The van der Waals surface area contributed by atoms with Gasteiger partial charge in [0, 0.05) is 37.5 Å². The SMILES string of the molecule is Cc1cc([C@H](CCOCCOCCBr)C(=O)N2C[C@@H](O)C[C@H]2C(=O)NCCc2ccc(-c3scnc3C)cc2)on1. The van der Waals surface area contributed by atoms with Crippen LogP contribution < -0.4 is 5.32 Å². The number of likely N-dealkylation sites (tertiary alicyclic amines) is 1. The number of ether oxygens (including phenoxy) is 2. The van der Waals surface area contributed by atoms with Gasteiger partial charge >= 0.3 is 0 Å². The van der Waals surface area contributed by atoms with Gasteiger partial charge in [-0.2, -0.15) is 0 Å². The molecule has 12 heteroatoms. The van der Waals surface area contributed by atoms with Gasteiger partial charge in [-0.3, -0.25) is 9.59 Å². The smallest absolute Gasteiger partial charge is 0.242 e. The first-order chi connectivity index (χ1) is 19.9. The largest absolute Gasteiger partial charge is 0.391 e. The van der Waals surface area contributed by atoms with Crippen molar-refractivity contribution < 1.29 is 28.7 Å². The number of carbonyl (C=O) groups excluding carboxylic acids is 2. The summed E-state index contributed by atoms with van der Waals surface area (Å²) in [5.41, 5.74) is 5.73. The van der Waals surface area contributed by atoms with Crippen LogP contribution in [0.5, 0.6) is 0 Å². The number of hydrogen-bond donors (Lipinski definition) is 2. The maximum atomic E-state index is 13.7. The number of aliphatic hydroxyl groups excluding tert-OH is 1. The number of alkyl halides is 1. The third-order valence-corrected chi connectivity index (χ3v) is 8.27. The zero-order chi connectivity index (χ0) is 29.2. The highest BCUT2D eigenvalue weighted by molar-refractivity contribution is 9.09. The summed E-state index contributed by atoms with van der Waals surface area (Å²) in [7, 11) is 0. The Balaban J connectivity index is 1.33. The Morgan fingerprint density at radius 3 is 2.61 bits per heavy atom. The van der Waals surface area contributed by atoms with Crippen molar-refractivity contribution in [3.05, 3.63) is 58.6 Å². The number of halogens is 1. The number of benzene rings is 1. The topological polar surface area (TPSA) is 127 Å². The van der Waals surface area contributed by atoms with E-state index in [4.69, 9.17) is 14.0 Å². The number of aryl methyl sites for hydroxylation is 2. The molecule has 0 saturated carbocycles. The highest BCUT2D eigenvalue weighted by Crippen LogP contribution is 2.29. The molecular weight excluding hydrogens is 612 g/mol. The average Bonchev–Trinajstić information content (AvgIpc) is 3.70. The quantitative estimate of drug-likeness (QED) is 0.189. The van der Waals surface area contributed by atoms with Crippen molar-refractivity contribution >= 4 is 39.1 Å². The number of nitrogens with zero attached hydrogens (tertiary/aromatic N) is 3. The summed E-state index contributed by atoms with van der Waals surface area (Å²) in [6, 6.07) is 9.20. The van der Waals surface area contributed by atoms with Crippen molar-refractivity contribution in [1.29, 1.82) is 0 Å². The van der Waals surface area contributed by atoms with Gasteiger partial charge in [0.15, 0.2) is 0 Å². The Hall–Kier alpha value is -2.64. The van der Waals surface area contributed by atoms with Crippen LogP contribution in [0.3, 0.4) is 0 Å². The molecule has 1 aromatic carbocycles. The molecule has 0 bridgehead atoms. The molecule has 2 aromatic heterocycles. The van der Waals surface area contributed by atoms with Crippen molar-refractivity contribution in [3.8, 4) is 10.4 Å². The molecule has 2 N–H and O–H groups in total. The molecule has 0 aliphatic carbocycles. The van der Waals surface area contributed by atoms with E-state index in [1.165, 1.54) is 4.90 Å². The number of aliphatic hydroxyl groups is 1. The third kappa shape index (κ3) is 8.68. The van der Waals surface area contributed by atoms with Gasteiger partial charge in [-0.15, -0.1) is 11.3 Å². The molecule has 41 heavy (non-hydrogen) atoms. The minimum atomic E-state index is -0.780. The molecule has 3 heterocycles. The Labute approximate surface area is 252 Å². The van der Waals surface area contributed by atoms with Gasteiger partial charge in [-0.05, 0) is 37.8 Å². The molecule has 10 nitrogen and oxygen atoms in total. The summed E-state index contributed by atoms with van der Waals surface area (Å²) in [4.78, 5) is 33.8. The minimum absolute atomic E-state index is 0.0836. The van der Waals surface area contributed by atoms with Crippen molar-refractivity contribution in [2.75, 3.05) is 44.8 Å². The lowest BCUT2D eigenvalue weighted by atomic mass is 10.00. The van der Waals surface area contributed by atoms with Crippen LogP contribution in [0.4, 0.5) is 0 Å². The number of nitrogens with one attached hydrogen (secondary N) is 1. The highest BCUT2D eigenvalue weighted by Gasteiger charge is 2.42. The van der Waals surface area contributed by atoms with E-state index in [0.717, 1.165) is 27.0 Å². The first kappa shape index (κ1) is 31.3. The van der Waals surface area contributed by atoms with E-state index in [9.17, 15) is 14.7 Å². The fourth-order valence-electron chi connectivity index (χ4n) is 4.87. The first-order valence-corrected chi connectivity index (χ1v) is 15.8. The van der Waals surface area contributed by atoms with E-state index < -0.39 is 18.1 Å². The monoisotopic (exact) mass is 648 g/mol. The molecule has 0 radical (unpaired) electrons. The summed E-state index contributed by atoms with van der Waals surface area (Å²) in [6.07, 6.45) is 0.402. The summed E-state index contributed by atoms with van der Waals surface area (Å²) in [5.74, 6) is -0.824. The lowest BCUT2D eigenvalue weighted by Crippen LogP contribution is -2.48. The van der Waals surface area contributed by atoms with E-state index >= 15 is 0 Å². The van der Waals surface area contributed by atoms with Crippen molar-refractivity contribution in [2.24, 2.45) is 0 Å². The van der Waals surface area contributed by atoms with Crippen molar-refractivity contribution in [1.82, 2.24) is 20.4 Å². The molecule has 0 spiro atoms. The zero-order valence-corrected chi connectivity index (χ0v) is 25.8. The predicted octanol–water partition coefficient (Wildman–Crippen LogP) is 3.64. The fourth-order valence-corrected chi connectivity index (χ4v) is 5.91. The number of thiazole rings is 1. The molecule has 222 valence electrons. The van der Waals surface area contributed by atoms with Gasteiger partial charge in [0.1, 0.15) is 17.7 Å².